The number of aliphatic hydroxyl groups is 1. The molecule has 0 aliphatic heterocycles. The van der Waals surface area contributed by atoms with Gasteiger partial charge in [-0.05, 0) is 32.0 Å². The molecule has 3 N–H and O–H groups in total. The fourth-order valence-corrected chi connectivity index (χ4v) is 1.28. The minimum absolute atomic E-state index is 0.0359. The molecule has 0 fully saturated rings. The molecule has 0 saturated heterocycles. The third-order valence-electron chi connectivity index (χ3n) is 2.85. The molecular weight excluding hydrogens is 216 g/mol. The number of amides is 1. The smallest absolute Gasteiger partial charge is 0.239 e. The van der Waals surface area contributed by atoms with Crippen LogP contribution in [0.15, 0.2) is 24.3 Å². The second-order valence-electron chi connectivity index (χ2n) is 4.53. The molecule has 0 aromatic heterocycles. The Labute approximate surface area is 102 Å². The number of carbonyl (C=O) groups excluding carboxylic acids is 1. The Morgan fingerprint density at radius 1 is 1.24 bits per heavy atom. The molecule has 1 amide bonds. The number of benzene rings is 1. The van der Waals surface area contributed by atoms with Crippen LogP contribution in [-0.2, 0) is 17.9 Å². The summed E-state index contributed by atoms with van der Waals surface area (Å²) in [5.41, 5.74) is 1.32. The summed E-state index contributed by atoms with van der Waals surface area (Å²) >= 11 is 0. The summed E-state index contributed by atoms with van der Waals surface area (Å²) in [6.45, 7) is 4.20. The first-order valence-corrected chi connectivity index (χ1v) is 5.65. The van der Waals surface area contributed by atoms with Crippen molar-refractivity contribution in [3.63, 3.8) is 0 Å². The summed E-state index contributed by atoms with van der Waals surface area (Å²) in [6, 6.07) is 7.51. The molecule has 0 saturated carbocycles. The van der Waals surface area contributed by atoms with E-state index in [0.29, 0.717) is 6.54 Å². The highest BCUT2D eigenvalue weighted by Gasteiger charge is 2.24. The molecule has 17 heavy (non-hydrogen) atoms. The normalized spacial score (nSPS) is 11.3. The molecular formula is C13H20N2O2. The van der Waals surface area contributed by atoms with Crippen LogP contribution in [-0.4, -0.2) is 23.6 Å². The molecule has 94 valence electrons. The van der Waals surface area contributed by atoms with Gasteiger partial charge in [-0.25, -0.2) is 0 Å². The second kappa shape index (κ2) is 5.80. The van der Waals surface area contributed by atoms with Crippen LogP contribution < -0.4 is 10.6 Å². The van der Waals surface area contributed by atoms with Crippen molar-refractivity contribution in [2.45, 2.75) is 32.5 Å². The first-order valence-electron chi connectivity index (χ1n) is 5.65. The van der Waals surface area contributed by atoms with E-state index < -0.39 is 5.54 Å². The van der Waals surface area contributed by atoms with Crippen LogP contribution in [0.4, 0.5) is 0 Å². The number of carbonyl (C=O) groups is 1. The fraction of sp³-hybridized carbons (Fsp3) is 0.462. The standard InChI is InChI=1S/C13H20N2O2/c1-13(2,14-3)12(17)15-8-10-4-6-11(9-16)7-5-10/h4-7,14,16H,8-9H2,1-3H3,(H,15,17). The minimum atomic E-state index is -0.564. The van der Waals surface area contributed by atoms with E-state index in [2.05, 4.69) is 10.6 Å². The van der Waals surface area contributed by atoms with Crippen molar-refractivity contribution >= 4 is 5.91 Å². The number of aliphatic hydroxyl groups excluding tert-OH is 1. The monoisotopic (exact) mass is 236 g/mol. The summed E-state index contributed by atoms with van der Waals surface area (Å²) in [5, 5.41) is 14.7. The van der Waals surface area contributed by atoms with Gasteiger partial charge in [0.2, 0.25) is 5.91 Å². The van der Waals surface area contributed by atoms with E-state index in [0.717, 1.165) is 11.1 Å². The summed E-state index contributed by atoms with van der Waals surface area (Å²) in [5.74, 6) is -0.0359. The highest BCUT2D eigenvalue weighted by Crippen LogP contribution is 2.05. The maximum atomic E-state index is 11.8. The van der Waals surface area contributed by atoms with E-state index in [4.69, 9.17) is 5.11 Å². The van der Waals surface area contributed by atoms with Crippen molar-refractivity contribution in [3.8, 4) is 0 Å². The number of hydrogen-bond acceptors (Lipinski definition) is 3. The van der Waals surface area contributed by atoms with Gasteiger partial charge in [0, 0.05) is 6.54 Å². The van der Waals surface area contributed by atoms with Gasteiger partial charge in [-0.3, -0.25) is 4.79 Å². The van der Waals surface area contributed by atoms with Crippen LogP contribution in [0.2, 0.25) is 0 Å². The number of rotatable bonds is 5. The van der Waals surface area contributed by atoms with Gasteiger partial charge in [0.05, 0.1) is 12.1 Å². The average Bonchev–Trinajstić information content (AvgIpc) is 2.36. The quantitative estimate of drug-likeness (QED) is 0.708. The highest BCUT2D eigenvalue weighted by molar-refractivity contribution is 5.85. The summed E-state index contributed by atoms with van der Waals surface area (Å²) < 4.78 is 0. The lowest BCUT2D eigenvalue weighted by Gasteiger charge is -2.22. The van der Waals surface area contributed by atoms with Crippen LogP contribution in [0, 0.1) is 0 Å². The lowest BCUT2D eigenvalue weighted by atomic mass is 10.0. The first-order chi connectivity index (χ1) is 7.99. The van der Waals surface area contributed by atoms with Crippen LogP contribution in [0.5, 0.6) is 0 Å². The summed E-state index contributed by atoms with van der Waals surface area (Å²) in [6.07, 6.45) is 0. The van der Waals surface area contributed by atoms with E-state index in [-0.39, 0.29) is 12.5 Å². The molecule has 1 aromatic rings. The summed E-state index contributed by atoms with van der Waals surface area (Å²) in [4.78, 5) is 11.8. The Morgan fingerprint density at radius 3 is 2.24 bits per heavy atom. The molecule has 4 nitrogen and oxygen atoms in total. The minimum Gasteiger partial charge on any atom is -0.392 e. The molecule has 0 aliphatic carbocycles. The molecule has 0 bridgehead atoms. The maximum Gasteiger partial charge on any atom is 0.239 e. The number of nitrogens with one attached hydrogen (secondary N) is 2. The van der Waals surface area contributed by atoms with Gasteiger partial charge in [0.25, 0.3) is 0 Å². The molecule has 4 heteroatoms. The lowest BCUT2D eigenvalue weighted by molar-refractivity contribution is -0.126. The van der Waals surface area contributed by atoms with Gasteiger partial charge in [-0.1, -0.05) is 24.3 Å². The first kappa shape index (κ1) is 13.7. The van der Waals surface area contributed by atoms with E-state index in [9.17, 15) is 4.79 Å². The highest BCUT2D eigenvalue weighted by atomic mass is 16.3. The van der Waals surface area contributed by atoms with Crippen LogP contribution in [0.1, 0.15) is 25.0 Å². The van der Waals surface area contributed by atoms with Gasteiger partial charge in [0.15, 0.2) is 0 Å². The predicted octanol–water partition coefficient (Wildman–Crippen LogP) is 0.793. The molecule has 1 rings (SSSR count). The van der Waals surface area contributed by atoms with E-state index in [1.165, 1.54) is 0 Å². The number of hydrogen-bond donors (Lipinski definition) is 3. The molecule has 0 radical (unpaired) electrons. The van der Waals surface area contributed by atoms with Crippen molar-refractivity contribution in [3.05, 3.63) is 35.4 Å². The Morgan fingerprint density at radius 2 is 1.76 bits per heavy atom. The third-order valence-corrected chi connectivity index (χ3v) is 2.85. The number of likely N-dealkylation sites (N-methyl/N-ethyl adjacent to an activating group) is 1. The Balaban J connectivity index is 2.53. The van der Waals surface area contributed by atoms with Crippen molar-refractivity contribution in [1.82, 2.24) is 10.6 Å². The van der Waals surface area contributed by atoms with Crippen molar-refractivity contribution in [2.24, 2.45) is 0 Å². The molecule has 0 spiro atoms. The molecule has 0 unspecified atom stereocenters. The van der Waals surface area contributed by atoms with Crippen molar-refractivity contribution in [1.29, 1.82) is 0 Å². The van der Waals surface area contributed by atoms with Crippen molar-refractivity contribution in [2.75, 3.05) is 7.05 Å². The predicted molar refractivity (Wildman–Crippen MR) is 67.4 cm³/mol. The average molecular weight is 236 g/mol. The Bertz CT molecular complexity index is 372. The fourth-order valence-electron chi connectivity index (χ4n) is 1.28. The van der Waals surface area contributed by atoms with Crippen LogP contribution >= 0.6 is 0 Å². The van der Waals surface area contributed by atoms with E-state index in [1.54, 1.807) is 7.05 Å². The largest absolute Gasteiger partial charge is 0.392 e. The maximum absolute atomic E-state index is 11.8. The second-order valence-corrected chi connectivity index (χ2v) is 4.53. The SMILES string of the molecule is CNC(C)(C)C(=O)NCc1ccc(CO)cc1. The molecule has 0 atom stereocenters. The Hall–Kier alpha value is -1.39. The molecule has 0 heterocycles. The molecule has 0 aliphatic rings. The van der Waals surface area contributed by atoms with Crippen molar-refractivity contribution < 1.29 is 9.90 Å². The van der Waals surface area contributed by atoms with E-state index in [1.807, 2.05) is 38.1 Å². The lowest BCUT2D eigenvalue weighted by Crippen LogP contribution is -2.50. The van der Waals surface area contributed by atoms with E-state index >= 15 is 0 Å². The zero-order chi connectivity index (χ0) is 12.9. The van der Waals surface area contributed by atoms with Gasteiger partial charge >= 0.3 is 0 Å². The van der Waals surface area contributed by atoms with Gasteiger partial charge in [-0.15, -0.1) is 0 Å². The topological polar surface area (TPSA) is 61.4 Å². The third kappa shape index (κ3) is 3.84. The molecule has 1 aromatic carbocycles. The van der Waals surface area contributed by atoms with Crippen LogP contribution in [0.25, 0.3) is 0 Å². The van der Waals surface area contributed by atoms with Gasteiger partial charge in [-0.2, -0.15) is 0 Å². The van der Waals surface area contributed by atoms with Gasteiger partial charge < -0.3 is 15.7 Å². The van der Waals surface area contributed by atoms with Crippen LogP contribution in [0.3, 0.4) is 0 Å². The summed E-state index contributed by atoms with van der Waals surface area (Å²) in [7, 11) is 1.76. The van der Waals surface area contributed by atoms with Gasteiger partial charge in [0.1, 0.15) is 0 Å². The zero-order valence-electron chi connectivity index (χ0n) is 10.6. The zero-order valence-corrected chi connectivity index (χ0v) is 10.6. The Kier molecular flexibility index (Phi) is 4.66.